The molecule has 9 heteroatoms. The fraction of sp³-hybridized carbons (Fsp3) is 0.0833. The molecule has 0 bridgehead atoms. The molecule has 110 valence electrons. The number of nitrogens with one attached hydrogen (secondary N) is 1. The van der Waals surface area contributed by atoms with Gasteiger partial charge in [-0.15, -0.1) is 0 Å². The van der Waals surface area contributed by atoms with E-state index in [2.05, 4.69) is 14.7 Å². The van der Waals surface area contributed by atoms with E-state index in [-0.39, 0.29) is 22.2 Å². The van der Waals surface area contributed by atoms with Gasteiger partial charge in [0.05, 0.1) is 12.0 Å². The molecule has 0 aliphatic carbocycles. The number of nitrogens with two attached hydrogens (primary N) is 1. The maximum absolute atomic E-state index is 12.2. The second kappa shape index (κ2) is 5.75. The lowest BCUT2D eigenvalue weighted by Gasteiger charge is -2.08. The van der Waals surface area contributed by atoms with Crippen LogP contribution in [-0.4, -0.2) is 31.4 Å². The molecule has 1 heterocycles. The molecule has 0 fully saturated rings. The molecule has 8 nitrogen and oxygen atoms in total. The fourth-order valence-corrected chi connectivity index (χ4v) is 2.50. The summed E-state index contributed by atoms with van der Waals surface area (Å²) in [6, 6.07) is 6.56. The van der Waals surface area contributed by atoms with Crippen molar-refractivity contribution < 1.29 is 17.9 Å². The van der Waals surface area contributed by atoms with Crippen molar-refractivity contribution in [2.75, 3.05) is 11.8 Å². The van der Waals surface area contributed by atoms with Gasteiger partial charge in [-0.2, -0.15) is 0 Å². The van der Waals surface area contributed by atoms with Gasteiger partial charge in [-0.1, -0.05) is 0 Å². The predicted octanol–water partition coefficient (Wildman–Crippen LogP) is 0.385. The van der Waals surface area contributed by atoms with Crippen LogP contribution in [0.5, 0.6) is 5.88 Å². The van der Waals surface area contributed by atoms with E-state index in [0.29, 0.717) is 0 Å². The van der Waals surface area contributed by atoms with Gasteiger partial charge < -0.3 is 10.5 Å². The third kappa shape index (κ3) is 3.45. The highest BCUT2D eigenvalue weighted by Crippen LogP contribution is 2.17. The summed E-state index contributed by atoms with van der Waals surface area (Å²) in [6.07, 6.45) is 1.17. The van der Waals surface area contributed by atoms with Gasteiger partial charge in [0.2, 0.25) is 11.8 Å². The number of hydrogen-bond acceptors (Lipinski definition) is 6. The third-order valence-electron chi connectivity index (χ3n) is 2.54. The number of carbonyl (C=O) groups is 1. The molecular weight excluding hydrogens is 296 g/mol. The van der Waals surface area contributed by atoms with Gasteiger partial charge in [0.1, 0.15) is 12.1 Å². The first-order chi connectivity index (χ1) is 9.92. The quantitative estimate of drug-likeness (QED) is 0.823. The molecule has 2 rings (SSSR count). The molecule has 3 N–H and O–H groups in total. The summed E-state index contributed by atoms with van der Waals surface area (Å²) < 4.78 is 31.5. The van der Waals surface area contributed by atoms with Crippen molar-refractivity contribution in [3.8, 4) is 5.88 Å². The van der Waals surface area contributed by atoms with Crippen molar-refractivity contribution in [1.29, 1.82) is 0 Å². The van der Waals surface area contributed by atoms with Gasteiger partial charge in [0.15, 0.2) is 0 Å². The number of amides is 1. The van der Waals surface area contributed by atoms with Crippen LogP contribution in [0.2, 0.25) is 0 Å². The second-order valence-corrected chi connectivity index (χ2v) is 5.62. The van der Waals surface area contributed by atoms with Crippen LogP contribution in [0.25, 0.3) is 0 Å². The number of benzene rings is 1. The van der Waals surface area contributed by atoms with Crippen LogP contribution in [0.1, 0.15) is 10.4 Å². The largest absolute Gasteiger partial charge is 0.481 e. The summed E-state index contributed by atoms with van der Waals surface area (Å²) in [5.74, 6) is -0.333. The average molecular weight is 308 g/mol. The molecule has 0 unspecified atom stereocenters. The van der Waals surface area contributed by atoms with E-state index in [1.807, 2.05) is 0 Å². The van der Waals surface area contributed by atoms with Crippen molar-refractivity contribution in [3.63, 3.8) is 0 Å². The summed E-state index contributed by atoms with van der Waals surface area (Å²) in [4.78, 5) is 18.5. The molecule has 1 aromatic carbocycles. The Hall–Kier alpha value is -2.68. The molecule has 0 aliphatic heterocycles. The van der Waals surface area contributed by atoms with E-state index in [1.165, 1.54) is 43.8 Å². The normalized spacial score (nSPS) is 10.9. The summed E-state index contributed by atoms with van der Waals surface area (Å²) in [6.45, 7) is 0. The topological polar surface area (TPSA) is 124 Å². The highest BCUT2D eigenvalue weighted by atomic mass is 32.2. The molecule has 0 saturated carbocycles. The lowest BCUT2D eigenvalue weighted by Crippen LogP contribution is -2.15. The Morgan fingerprint density at radius 3 is 2.48 bits per heavy atom. The molecule has 0 radical (unpaired) electrons. The first-order valence-electron chi connectivity index (χ1n) is 5.71. The zero-order valence-electron chi connectivity index (χ0n) is 11.0. The summed E-state index contributed by atoms with van der Waals surface area (Å²) in [5.41, 5.74) is 5.31. The van der Waals surface area contributed by atoms with E-state index >= 15 is 0 Å². The predicted molar refractivity (Wildman–Crippen MR) is 74.4 cm³/mol. The lowest BCUT2D eigenvalue weighted by molar-refractivity contribution is 0.1000. The van der Waals surface area contributed by atoms with E-state index in [4.69, 9.17) is 10.5 Å². The van der Waals surface area contributed by atoms with Crippen LogP contribution >= 0.6 is 0 Å². The lowest BCUT2D eigenvalue weighted by atomic mass is 10.2. The summed E-state index contributed by atoms with van der Waals surface area (Å²) in [5, 5.41) is 0. The fourth-order valence-electron chi connectivity index (χ4n) is 1.50. The number of primary amides is 1. The van der Waals surface area contributed by atoms with Crippen LogP contribution < -0.4 is 15.2 Å². The van der Waals surface area contributed by atoms with E-state index in [0.717, 1.165) is 0 Å². The summed E-state index contributed by atoms with van der Waals surface area (Å²) in [7, 11) is -2.42. The van der Waals surface area contributed by atoms with Gasteiger partial charge >= 0.3 is 0 Å². The molecular formula is C12H12N4O4S. The van der Waals surface area contributed by atoms with Crippen LogP contribution in [-0.2, 0) is 10.0 Å². The Labute approximate surface area is 121 Å². The Morgan fingerprint density at radius 1 is 1.24 bits per heavy atom. The molecule has 1 amide bonds. The number of sulfonamides is 1. The number of methoxy groups -OCH3 is 1. The van der Waals surface area contributed by atoms with Crippen LogP contribution in [0, 0.1) is 0 Å². The van der Waals surface area contributed by atoms with E-state index < -0.39 is 15.9 Å². The summed E-state index contributed by atoms with van der Waals surface area (Å²) >= 11 is 0. The maximum Gasteiger partial charge on any atom is 0.263 e. The minimum absolute atomic E-state index is 0.0231. The van der Waals surface area contributed by atoms with Crippen molar-refractivity contribution in [2.45, 2.75) is 4.90 Å². The third-order valence-corrected chi connectivity index (χ3v) is 3.91. The number of hydrogen-bond donors (Lipinski definition) is 2. The number of rotatable bonds is 5. The zero-order valence-corrected chi connectivity index (χ0v) is 11.8. The Balaban J connectivity index is 2.27. The molecule has 0 spiro atoms. The minimum Gasteiger partial charge on any atom is -0.481 e. The molecule has 21 heavy (non-hydrogen) atoms. The molecule has 1 aromatic heterocycles. The highest BCUT2D eigenvalue weighted by molar-refractivity contribution is 7.92. The minimum atomic E-state index is -3.83. The highest BCUT2D eigenvalue weighted by Gasteiger charge is 2.15. The van der Waals surface area contributed by atoms with E-state index in [1.54, 1.807) is 0 Å². The van der Waals surface area contributed by atoms with Crippen molar-refractivity contribution in [2.24, 2.45) is 5.73 Å². The molecule has 0 saturated heterocycles. The molecule has 0 aliphatic rings. The van der Waals surface area contributed by atoms with Gasteiger partial charge in [-0.25, -0.2) is 18.4 Å². The van der Waals surface area contributed by atoms with Gasteiger partial charge in [0, 0.05) is 11.6 Å². The van der Waals surface area contributed by atoms with Crippen molar-refractivity contribution in [1.82, 2.24) is 9.97 Å². The average Bonchev–Trinajstić information content (AvgIpc) is 2.47. The SMILES string of the molecule is COc1cc(NS(=O)(=O)c2ccc(C(N)=O)cc2)ncn1. The van der Waals surface area contributed by atoms with Crippen LogP contribution in [0.4, 0.5) is 5.82 Å². The number of aromatic nitrogens is 2. The number of carbonyl (C=O) groups excluding carboxylic acids is 1. The monoisotopic (exact) mass is 308 g/mol. The first kappa shape index (κ1) is 14.7. The smallest absolute Gasteiger partial charge is 0.263 e. The van der Waals surface area contributed by atoms with Gasteiger partial charge in [0.25, 0.3) is 10.0 Å². The van der Waals surface area contributed by atoms with Crippen molar-refractivity contribution >= 4 is 21.7 Å². The zero-order chi connectivity index (χ0) is 15.5. The van der Waals surface area contributed by atoms with Gasteiger partial charge in [-0.05, 0) is 24.3 Å². The number of nitrogens with zero attached hydrogens (tertiary/aromatic N) is 2. The number of anilines is 1. The standard InChI is InChI=1S/C12H12N4O4S/c1-20-11-6-10(14-7-15-11)16-21(18,19)9-4-2-8(3-5-9)12(13)17/h2-7H,1H3,(H2,13,17)(H,14,15,16). The molecule has 2 aromatic rings. The molecule has 0 atom stereocenters. The van der Waals surface area contributed by atoms with Crippen LogP contribution in [0.15, 0.2) is 41.6 Å². The van der Waals surface area contributed by atoms with Crippen LogP contribution in [0.3, 0.4) is 0 Å². The van der Waals surface area contributed by atoms with E-state index in [9.17, 15) is 13.2 Å². The maximum atomic E-state index is 12.2. The first-order valence-corrected chi connectivity index (χ1v) is 7.19. The second-order valence-electron chi connectivity index (χ2n) is 3.94. The Morgan fingerprint density at radius 2 is 1.90 bits per heavy atom. The number of ether oxygens (including phenoxy) is 1. The Kier molecular flexibility index (Phi) is 4.03. The van der Waals surface area contributed by atoms with Crippen molar-refractivity contribution in [3.05, 3.63) is 42.2 Å². The Bertz CT molecular complexity index is 759. The van der Waals surface area contributed by atoms with Gasteiger partial charge in [-0.3, -0.25) is 9.52 Å².